The number of rotatable bonds is 4. The van der Waals surface area contributed by atoms with Crippen LogP contribution in [0.4, 0.5) is 0 Å². The average Bonchev–Trinajstić information content (AvgIpc) is 3.20. The van der Waals surface area contributed by atoms with Crippen molar-refractivity contribution in [2.45, 2.75) is 39.2 Å². The maximum atomic E-state index is 2.66. The number of benzene rings is 2. The van der Waals surface area contributed by atoms with Gasteiger partial charge in [-0.05, 0) is 0 Å². The van der Waals surface area contributed by atoms with E-state index < -0.39 is 28.4 Å². The SMILES string of the molecule is CC1=[C]([Hf+2]([C]2=C(C)C(c3ccccc3)=CC2C)=[Ge]([CH3])[CH3])C(C)C=C1c1ccccc1.[Cl-].[Cl-]. The maximum absolute atomic E-state index is 2.66. The Hall–Kier alpha value is -0.607. The molecule has 2 aromatic rings. The predicted molar refractivity (Wildman–Crippen MR) is 130 cm³/mol. The molecule has 2 aliphatic rings. The smallest absolute Gasteiger partial charge is 1.00 e. The van der Waals surface area contributed by atoms with E-state index in [0.29, 0.717) is 11.8 Å². The first-order chi connectivity index (χ1) is 14.4. The van der Waals surface area contributed by atoms with Crippen LogP contribution in [-0.4, -0.2) is 10.1 Å². The van der Waals surface area contributed by atoms with Crippen LogP contribution in [0.25, 0.3) is 11.1 Å². The number of halogens is 2. The fraction of sp³-hybridized carbons (Fsp3) is 0.286. The molecule has 166 valence electrons. The van der Waals surface area contributed by atoms with E-state index >= 15 is 0 Å². The van der Waals surface area contributed by atoms with Crippen molar-refractivity contribution >= 4 is 21.2 Å². The quantitative estimate of drug-likeness (QED) is 0.431. The fourth-order valence-corrected chi connectivity index (χ4v) is 50.5. The van der Waals surface area contributed by atoms with E-state index in [9.17, 15) is 0 Å². The van der Waals surface area contributed by atoms with Gasteiger partial charge in [0.15, 0.2) is 0 Å². The van der Waals surface area contributed by atoms with Crippen molar-refractivity contribution in [2.24, 2.45) is 11.8 Å². The van der Waals surface area contributed by atoms with Crippen molar-refractivity contribution in [3.63, 3.8) is 0 Å². The van der Waals surface area contributed by atoms with E-state index in [1.54, 1.807) is 11.1 Å². The monoisotopic (exact) mass is 692 g/mol. The van der Waals surface area contributed by atoms with Gasteiger partial charge in [0, 0.05) is 0 Å². The van der Waals surface area contributed by atoms with E-state index in [1.165, 1.54) is 22.3 Å². The molecule has 0 amide bonds. The van der Waals surface area contributed by atoms with Gasteiger partial charge in [0.05, 0.1) is 0 Å². The number of hydrogen-bond acceptors (Lipinski definition) is 0. The first kappa shape index (κ1) is 27.6. The minimum Gasteiger partial charge on any atom is -1.00 e. The Kier molecular flexibility index (Phi) is 10.1. The molecule has 2 atom stereocenters. The van der Waals surface area contributed by atoms with Gasteiger partial charge in [0.25, 0.3) is 0 Å². The van der Waals surface area contributed by atoms with Crippen LogP contribution in [0.3, 0.4) is 0 Å². The summed E-state index contributed by atoms with van der Waals surface area (Å²) in [7, 11) is -1.06. The Bertz CT molecular complexity index is 1050. The van der Waals surface area contributed by atoms with Crippen LogP contribution in [-0.2, 0) is 18.3 Å². The van der Waals surface area contributed by atoms with E-state index in [4.69, 9.17) is 0 Å². The third-order valence-corrected chi connectivity index (χ3v) is 46.4. The van der Waals surface area contributed by atoms with Gasteiger partial charge in [-0.2, -0.15) is 0 Å². The van der Waals surface area contributed by atoms with Gasteiger partial charge in [0.2, 0.25) is 0 Å². The summed E-state index contributed by atoms with van der Waals surface area (Å²) in [4.78, 5) is 0. The molecule has 0 heterocycles. The van der Waals surface area contributed by atoms with Crippen molar-refractivity contribution in [2.75, 3.05) is 0 Å². The Morgan fingerprint density at radius 1 is 0.625 bits per heavy atom. The zero-order chi connectivity index (χ0) is 21.4. The van der Waals surface area contributed by atoms with Crippen LogP contribution in [0, 0.1) is 11.8 Å². The van der Waals surface area contributed by atoms with Crippen LogP contribution in [0.5, 0.6) is 0 Å². The third kappa shape index (κ3) is 5.22. The van der Waals surface area contributed by atoms with E-state index in [0.717, 1.165) is 0 Å². The van der Waals surface area contributed by atoms with Crippen molar-refractivity contribution in [3.8, 4) is 0 Å². The number of allylic oxidation sites excluding steroid dienone is 8. The molecule has 2 unspecified atom stereocenters. The van der Waals surface area contributed by atoms with Gasteiger partial charge in [-0.1, -0.05) is 0 Å². The van der Waals surface area contributed by atoms with Crippen molar-refractivity contribution in [1.29, 1.82) is 0 Å². The van der Waals surface area contributed by atoms with Crippen molar-refractivity contribution in [1.82, 2.24) is 0 Å². The van der Waals surface area contributed by atoms with Crippen LogP contribution in [0.2, 0.25) is 11.5 Å². The second-order valence-electron chi connectivity index (χ2n) is 8.92. The topological polar surface area (TPSA) is 0 Å². The Labute approximate surface area is 215 Å². The molecular formula is C28H32Cl2GeHf. The molecule has 0 spiro atoms. The fourth-order valence-electron chi connectivity index (χ4n) is 5.26. The van der Waals surface area contributed by atoms with E-state index in [1.807, 2.05) is 6.66 Å². The molecule has 0 aliphatic heterocycles. The molecule has 0 bridgehead atoms. The largest absolute Gasteiger partial charge is 1.00 e. The summed E-state index contributed by atoms with van der Waals surface area (Å²) in [6.45, 7) is 9.76. The van der Waals surface area contributed by atoms with Crippen LogP contribution < -0.4 is 24.8 Å². The molecule has 2 aromatic carbocycles. The summed E-state index contributed by atoms with van der Waals surface area (Å²) in [5, 5.41) is 0. The summed E-state index contributed by atoms with van der Waals surface area (Å²) in [6, 6.07) is 22.1. The maximum Gasteiger partial charge on any atom is -1.00 e. The van der Waals surface area contributed by atoms with E-state index in [-0.39, 0.29) is 24.8 Å². The molecule has 0 aromatic heterocycles. The minimum atomic E-state index is -2.10. The Morgan fingerprint density at radius 2 is 0.969 bits per heavy atom. The van der Waals surface area contributed by atoms with E-state index in [2.05, 4.69) is 112 Å². The van der Waals surface area contributed by atoms with Gasteiger partial charge in [0.1, 0.15) is 0 Å². The molecule has 32 heavy (non-hydrogen) atoms. The first-order valence-corrected chi connectivity index (χ1v) is 29.2. The minimum absolute atomic E-state index is 0. The molecule has 0 N–H and O–H groups in total. The van der Waals surface area contributed by atoms with Crippen molar-refractivity contribution < 1.29 is 43.2 Å². The molecular weight excluding hydrogens is 658 g/mol. The Morgan fingerprint density at radius 3 is 1.28 bits per heavy atom. The number of hydrogen-bond donors (Lipinski definition) is 0. The normalized spacial score (nSPS) is 19.5. The summed E-state index contributed by atoms with van der Waals surface area (Å²) >= 11 is -2.10. The second-order valence-corrected chi connectivity index (χ2v) is 46.9. The van der Waals surface area contributed by atoms with Gasteiger partial charge >= 0.3 is 192 Å². The van der Waals surface area contributed by atoms with Crippen LogP contribution in [0.1, 0.15) is 38.8 Å². The summed E-state index contributed by atoms with van der Waals surface area (Å²) in [5.41, 5.74) is 9.02. The summed E-state index contributed by atoms with van der Waals surface area (Å²) < 4.78 is 3.81. The molecule has 0 radical (unpaired) electrons. The van der Waals surface area contributed by atoms with Crippen LogP contribution in [0.15, 0.2) is 90.6 Å². The molecule has 4 rings (SSSR count). The molecule has 0 saturated carbocycles. The van der Waals surface area contributed by atoms with Gasteiger partial charge in [-0.3, -0.25) is 0 Å². The zero-order valence-electron chi connectivity index (χ0n) is 19.8. The summed E-state index contributed by atoms with van der Waals surface area (Å²) in [5.74, 6) is 6.53. The van der Waals surface area contributed by atoms with Gasteiger partial charge in [-0.15, -0.1) is 0 Å². The third-order valence-electron chi connectivity index (χ3n) is 6.57. The van der Waals surface area contributed by atoms with Gasteiger partial charge in [-0.25, -0.2) is 0 Å². The predicted octanol–water partition coefficient (Wildman–Crippen LogP) is 1.88. The standard InChI is InChI=1S/2C13H13.C2H6Ge.2ClH.Hf/c2*1-10-8-11(2)13(9-10)12-6-4-3-5-7-12;1-3-2;;;/h2*3-7,9-10H,1-2H3;1-2H3;2*1H;/q;;;;;+2/p-2. The molecule has 0 fully saturated rings. The zero-order valence-corrected chi connectivity index (χ0v) is 27.0. The van der Waals surface area contributed by atoms with Crippen LogP contribution >= 0.6 is 0 Å². The summed E-state index contributed by atoms with van der Waals surface area (Å²) in [6.07, 6.45) is 5.12. The second kappa shape index (κ2) is 11.7. The molecule has 4 heteroatoms. The van der Waals surface area contributed by atoms with Crippen molar-refractivity contribution in [3.05, 3.63) is 102 Å². The molecule has 0 nitrogen and oxygen atoms in total. The van der Waals surface area contributed by atoms with Gasteiger partial charge < -0.3 is 24.8 Å². The first-order valence-electron chi connectivity index (χ1n) is 11.0. The Balaban J connectivity index is 0.00000181. The molecule has 2 aliphatic carbocycles. The molecule has 0 saturated heterocycles. The average molecular weight is 691 g/mol.